The van der Waals surface area contributed by atoms with E-state index in [2.05, 4.69) is 24.3 Å². The lowest BCUT2D eigenvalue weighted by Gasteiger charge is -2.13. The number of furan rings is 1. The Labute approximate surface area is 205 Å². The van der Waals surface area contributed by atoms with Gasteiger partial charge in [-0.1, -0.05) is 30.3 Å². The number of ether oxygens (including phenoxy) is 3. The van der Waals surface area contributed by atoms with Crippen LogP contribution in [-0.4, -0.2) is 19.7 Å². The van der Waals surface area contributed by atoms with Crippen molar-refractivity contribution >= 4 is 16.9 Å². The molecule has 0 fully saturated rings. The van der Waals surface area contributed by atoms with Gasteiger partial charge in [0.05, 0.1) is 20.1 Å². The highest BCUT2D eigenvalue weighted by atomic mass is 16.5. The smallest absolute Gasteiger partial charge is 0.310 e. The first-order valence-electron chi connectivity index (χ1n) is 11.7. The van der Waals surface area contributed by atoms with Gasteiger partial charge in [-0.05, 0) is 61.7 Å². The first kappa shape index (κ1) is 24.4. The third kappa shape index (κ3) is 5.49. The number of esters is 1. The molecule has 1 heterocycles. The molecule has 6 heteroatoms. The highest BCUT2D eigenvalue weighted by Gasteiger charge is 2.16. The SMILES string of the molecule is CCOC(=O)Cc1ccc(OC)cc1OCc1c(C)oc2ccc(-c3cccc([C@H](C)N)c3)cc12. The number of hydrogen-bond acceptors (Lipinski definition) is 6. The zero-order chi connectivity index (χ0) is 24.9. The number of fused-ring (bicyclic) bond motifs is 1. The first-order chi connectivity index (χ1) is 16.9. The monoisotopic (exact) mass is 473 g/mol. The Hall–Kier alpha value is -3.77. The summed E-state index contributed by atoms with van der Waals surface area (Å²) in [6, 6.07) is 19.8. The average Bonchev–Trinajstić information content (AvgIpc) is 3.17. The quantitative estimate of drug-likeness (QED) is 0.295. The highest BCUT2D eigenvalue weighted by molar-refractivity contribution is 5.87. The summed E-state index contributed by atoms with van der Waals surface area (Å²) < 4.78 is 22.7. The normalized spacial score (nSPS) is 11.9. The molecule has 4 rings (SSSR count). The lowest BCUT2D eigenvalue weighted by molar-refractivity contribution is -0.142. The maximum atomic E-state index is 12.1. The number of carbonyl (C=O) groups excluding carboxylic acids is 1. The number of carbonyl (C=O) groups is 1. The van der Waals surface area contributed by atoms with Gasteiger partial charge in [0, 0.05) is 28.6 Å². The third-order valence-electron chi connectivity index (χ3n) is 6.02. The molecule has 1 aromatic heterocycles. The summed E-state index contributed by atoms with van der Waals surface area (Å²) in [4.78, 5) is 12.1. The van der Waals surface area contributed by atoms with Gasteiger partial charge >= 0.3 is 5.97 Å². The Morgan fingerprint density at radius 3 is 2.60 bits per heavy atom. The summed E-state index contributed by atoms with van der Waals surface area (Å²) >= 11 is 0. The molecule has 0 bridgehead atoms. The first-order valence-corrected chi connectivity index (χ1v) is 11.7. The van der Waals surface area contributed by atoms with Crippen LogP contribution in [0.1, 0.15) is 42.3 Å². The molecule has 2 N–H and O–H groups in total. The minimum Gasteiger partial charge on any atom is -0.497 e. The summed E-state index contributed by atoms with van der Waals surface area (Å²) in [6.07, 6.45) is 0.123. The van der Waals surface area contributed by atoms with Gasteiger partial charge < -0.3 is 24.4 Å². The number of benzene rings is 3. The summed E-state index contributed by atoms with van der Waals surface area (Å²) in [5.41, 5.74) is 11.8. The van der Waals surface area contributed by atoms with Gasteiger partial charge in [0.15, 0.2) is 0 Å². The van der Waals surface area contributed by atoms with Crippen LogP contribution >= 0.6 is 0 Å². The molecule has 3 aromatic carbocycles. The molecule has 0 aliphatic rings. The molecular formula is C29H31NO5. The second kappa shape index (κ2) is 10.7. The van der Waals surface area contributed by atoms with Gasteiger partial charge in [0.2, 0.25) is 0 Å². The molecule has 0 aliphatic carbocycles. The van der Waals surface area contributed by atoms with Crippen LogP contribution in [0.25, 0.3) is 22.1 Å². The lowest BCUT2D eigenvalue weighted by Crippen LogP contribution is -2.09. The van der Waals surface area contributed by atoms with Gasteiger partial charge in [0.1, 0.15) is 29.4 Å². The van der Waals surface area contributed by atoms with Crippen LogP contribution in [0.15, 0.2) is 65.1 Å². The van der Waals surface area contributed by atoms with Crippen LogP contribution in [0, 0.1) is 6.92 Å². The fraction of sp³-hybridized carbons (Fsp3) is 0.276. The molecule has 182 valence electrons. The summed E-state index contributed by atoms with van der Waals surface area (Å²) in [6.45, 7) is 6.31. The summed E-state index contributed by atoms with van der Waals surface area (Å²) in [5, 5.41) is 0.987. The van der Waals surface area contributed by atoms with Crippen molar-refractivity contribution in [3.05, 3.63) is 83.1 Å². The van der Waals surface area contributed by atoms with E-state index in [1.807, 2.05) is 44.2 Å². The molecule has 0 amide bonds. The van der Waals surface area contributed by atoms with Crippen molar-refractivity contribution in [2.75, 3.05) is 13.7 Å². The molecule has 0 radical (unpaired) electrons. The van der Waals surface area contributed by atoms with Crippen molar-refractivity contribution in [3.63, 3.8) is 0 Å². The van der Waals surface area contributed by atoms with Crippen LogP contribution in [0.3, 0.4) is 0 Å². The minimum atomic E-state index is -0.300. The molecule has 1 atom stereocenters. The molecule has 0 unspecified atom stereocenters. The maximum Gasteiger partial charge on any atom is 0.310 e. The molecular weight excluding hydrogens is 442 g/mol. The highest BCUT2D eigenvalue weighted by Crippen LogP contribution is 2.33. The number of rotatable bonds is 9. The Morgan fingerprint density at radius 1 is 1.06 bits per heavy atom. The minimum absolute atomic E-state index is 0.0366. The van der Waals surface area contributed by atoms with Crippen LogP contribution in [0.4, 0.5) is 0 Å². The fourth-order valence-corrected chi connectivity index (χ4v) is 4.09. The van der Waals surface area contributed by atoms with E-state index in [0.29, 0.717) is 18.1 Å². The number of methoxy groups -OCH3 is 1. The molecule has 0 aliphatic heterocycles. The Kier molecular flexibility index (Phi) is 7.42. The van der Waals surface area contributed by atoms with E-state index in [-0.39, 0.29) is 25.0 Å². The Balaban J connectivity index is 1.65. The molecule has 6 nitrogen and oxygen atoms in total. The van der Waals surface area contributed by atoms with Crippen molar-refractivity contribution in [3.8, 4) is 22.6 Å². The fourth-order valence-electron chi connectivity index (χ4n) is 4.09. The van der Waals surface area contributed by atoms with Crippen molar-refractivity contribution in [2.45, 2.75) is 39.8 Å². The molecule has 0 saturated heterocycles. The summed E-state index contributed by atoms with van der Waals surface area (Å²) in [7, 11) is 1.60. The molecule has 0 saturated carbocycles. The van der Waals surface area contributed by atoms with E-state index in [1.165, 1.54) is 0 Å². The Bertz CT molecular complexity index is 1340. The summed E-state index contributed by atoms with van der Waals surface area (Å²) in [5.74, 6) is 1.71. The van der Waals surface area contributed by atoms with Crippen LogP contribution in [0.2, 0.25) is 0 Å². The van der Waals surface area contributed by atoms with E-state index in [9.17, 15) is 4.79 Å². The third-order valence-corrected chi connectivity index (χ3v) is 6.02. The van der Waals surface area contributed by atoms with E-state index in [4.69, 9.17) is 24.4 Å². The molecule has 0 spiro atoms. The van der Waals surface area contributed by atoms with E-state index in [0.717, 1.165) is 44.5 Å². The van der Waals surface area contributed by atoms with E-state index >= 15 is 0 Å². The standard InChI is InChI=1S/C29H31NO5/c1-5-33-29(31)15-23-9-11-24(32-4)16-28(23)34-17-26-19(3)35-27-12-10-22(14-25(26)27)21-8-6-7-20(13-21)18(2)30/h6-14,16,18H,5,15,17,30H2,1-4H3/t18-/m0/s1. The van der Waals surface area contributed by atoms with Crippen molar-refractivity contribution in [1.29, 1.82) is 0 Å². The maximum absolute atomic E-state index is 12.1. The second-order valence-corrected chi connectivity index (χ2v) is 8.51. The molecule has 35 heavy (non-hydrogen) atoms. The largest absolute Gasteiger partial charge is 0.497 e. The van der Waals surface area contributed by atoms with Crippen molar-refractivity contribution in [2.24, 2.45) is 5.73 Å². The second-order valence-electron chi connectivity index (χ2n) is 8.51. The van der Waals surface area contributed by atoms with Gasteiger partial charge in [-0.15, -0.1) is 0 Å². The topological polar surface area (TPSA) is 83.9 Å². The van der Waals surface area contributed by atoms with Gasteiger partial charge in [-0.3, -0.25) is 4.79 Å². The Morgan fingerprint density at radius 2 is 1.86 bits per heavy atom. The van der Waals surface area contributed by atoms with Crippen molar-refractivity contribution in [1.82, 2.24) is 0 Å². The number of aryl methyl sites for hydroxylation is 1. The molecule has 4 aromatic rings. The average molecular weight is 474 g/mol. The van der Waals surface area contributed by atoms with Gasteiger partial charge in [0.25, 0.3) is 0 Å². The lowest BCUT2D eigenvalue weighted by atomic mass is 9.98. The predicted molar refractivity (Wildman–Crippen MR) is 137 cm³/mol. The van der Waals surface area contributed by atoms with Crippen LogP contribution < -0.4 is 15.2 Å². The zero-order valence-corrected chi connectivity index (χ0v) is 20.6. The van der Waals surface area contributed by atoms with Gasteiger partial charge in [-0.2, -0.15) is 0 Å². The van der Waals surface area contributed by atoms with Crippen molar-refractivity contribution < 1.29 is 23.4 Å². The van der Waals surface area contributed by atoms with E-state index in [1.54, 1.807) is 20.1 Å². The van der Waals surface area contributed by atoms with Crippen LogP contribution in [-0.2, 0) is 22.6 Å². The van der Waals surface area contributed by atoms with E-state index < -0.39 is 0 Å². The van der Waals surface area contributed by atoms with Crippen LogP contribution in [0.5, 0.6) is 11.5 Å². The zero-order valence-electron chi connectivity index (χ0n) is 20.6. The predicted octanol–water partition coefficient (Wildman–Crippen LogP) is 6.12. The number of hydrogen-bond donors (Lipinski definition) is 1. The van der Waals surface area contributed by atoms with Gasteiger partial charge in [-0.25, -0.2) is 0 Å². The number of nitrogens with two attached hydrogens (primary N) is 1.